The van der Waals surface area contributed by atoms with Gasteiger partial charge in [0.15, 0.2) is 0 Å². The summed E-state index contributed by atoms with van der Waals surface area (Å²) in [4.78, 5) is 27.9. The Morgan fingerprint density at radius 3 is 2.34 bits per heavy atom. The summed E-state index contributed by atoms with van der Waals surface area (Å²) < 4.78 is 41.3. The van der Waals surface area contributed by atoms with Crippen molar-refractivity contribution in [2.75, 3.05) is 13.6 Å². The van der Waals surface area contributed by atoms with Crippen LogP contribution in [0, 0.1) is 5.41 Å². The molecule has 3 rings (SSSR count). The Kier molecular flexibility index (Phi) is 7.18. The Labute approximate surface area is 184 Å². The number of halogens is 3. The highest BCUT2D eigenvalue weighted by atomic mass is 19.4. The summed E-state index contributed by atoms with van der Waals surface area (Å²) in [5.41, 5.74) is 4.98. The van der Waals surface area contributed by atoms with Gasteiger partial charge >= 0.3 is 6.18 Å². The molecule has 0 aliphatic heterocycles. The number of primary amides is 1. The first-order valence-electron chi connectivity index (χ1n) is 10.5. The molecule has 1 aliphatic carbocycles. The van der Waals surface area contributed by atoms with E-state index in [1.807, 2.05) is 0 Å². The van der Waals surface area contributed by atoms with Crippen molar-refractivity contribution in [1.29, 1.82) is 0 Å². The number of carbonyl (C=O) groups excluding carboxylic acids is 2. The van der Waals surface area contributed by atoms with Crippen LogP contribution in [0.25, 0.3) is 0 Å². The molecule has 1 aromatic carbocycles. The van der Waals surface area contributed by atoms with Crippen LogP contribution in [0.2, 0.25) is 0 Å². The summed E-state index contributed by atoms with van der Waals surface area (Å²) >= 11 is 0. The zero-order chi connectivity index (χ0) is 23.4. The number of aromatic nitrogens is 1. The molecule has 1 fully saturated rings. The second-order valence-corrected chi connectivity index (χ2v) is 8.22. The van der Waals surface area contributed by atoms with Crippen LogP contribution < -0.4 is 16.4 Å². The minimum atomic E-state index is -4.39. The van der Waals surface area contributed by atoms with Crippen LogP contribution in [0.4, 0.5) is 13.2 Å². The molecular formula is C23H27F3N4O2. The number of carbonyl (C=O) groups is 2. The van der Waals surface area contributed by atoms with Crippen molar-refractivity contribution in [1.82, 2.24) is 15.6 Å². The smallest absolute Gasteiger partial charge is 0.366 e. The zero-order valence-electron chi connectivity index (χ0n) is 17.8. The molecule has 0 unspecified atom stereocenters. The SMILES string of the molecule is CN[C@H](CNC(=O)C[C@@H](c1ccccn1)C1(C(F)(F)F)CC1)Cc1ccc(C(N)=O)cc1. The standard InChI is InChI=1S/C23H27F3N4O2/c1-28-17(12-15-5-7-16(8-6-15)21(27)32)14-30-20(31)13-18(19-4-2-3-11-29-19)22(9-10-22)23(24,25)26/h2-8,11,17-18,28H,9-10,12-14H2,1H3,(H2,27,32)(H,30,31)/t17-,18-/m0/s1. The fourth-order valence-corrected chi connectivity index (χ4v) is 3.99. The Hall–Kier alpha value is -2.94. The maximum absolute atomic E-state index is 13.8. The van der Waals surface area contributed by atoms with Gasteiger partial charge in [0.25, 0.3) is 0 Å². The molecule has 2 amide bonds. The zero-order valence-corrected chi connectivity index (χ0v) is 17.8. The largest absolute Gasteiger partial charge is 0.395 e. The van der Waals surface area contributed by atoms with Crippen molar-refractivity contribution in [3.05, 3.63) is 65.5 Å². The first kappa shape index (κ1) is 23.7. The van der Waals surface area contributed by atoms with E-state index in [0.29, 0.717) is 12.0 Å². The molecule has 0 saturated heterocycles. The van der Waals surface area contributed by atoms with Crippen LogP contribution >= 0.6 is 0 Å². The third-order valence-corrected chi connectivity index (χ3v) is 6.13. The fourth-order valence-electron chi connectivity index (χ4n) is 3.99. The molecule has 0 bridgehead atoms. The minimum absolute atomic E-state index is 0.00542. The van der Waals surface area contributed by atoms with Gasteiger partial charge in [0, 0.05) is 42.4 Å². The number of hydrogen-bond donors (Lipinski definition) is 3. The molecule has 2 atom stereocenters. The number of likely N-dealkylation sites (N-methyl/N-ethyl adjacent to an activating group) is 1. The van der Waals surface area contributed by atoms with Crippen LogP contribution in [0.3, 0.4) is 0 Å². The van der Waals surface area contributed by atoms with Crippen molar-refractivity contribution < 1.29 is 22.8 Å². The molecule has 1 heterocycles. The normalized spacial score (nSPS) is 16.8. The van der Waals surface area contributed by atoms with Crippen LogP contribution in [0.15, 0.2) is 48.7 Å². The Morgan fingerprint density at radius 2 is 1.84 bits per heavy atom. The van der Waals surface area contributed by atoms with Crippen LogP contribution in [-0.4, -0.2) is 42.6 Å². The summed E-state index contributed by atoms with van der Waals surface area (Å²) in [6.07, 6.45) is -2.64. The van der Waals surface area contributed by atoms with Crippen molar-refractivity contribution >= 4 is 11.8 Å². The highest BCUT2D eigenvalue weighted by molar-refractivity contribution is 5.92. The Balaban J connectivity index is 1.62. The van der Waals surface area contributed by atoms with Gasteiger partial charge in [-0.2, -0.15) is 13.2 Å². The van der Waals surface area contributed by atoms with E-state index in [9.17, 15) is 22.8 Å². The third-order valence-electron chi connectivity index (χ3n) is 6.13. The van der Waals surface area contributed by atoms with Gasteiger partial charge in [-0.1, -0.05) is 18.2 Å². The number of nitrogens with one attached hydrogen (secondary N) is 2. The van der Waals surface area contributed by atoms with Gasteiger partial charge < -0.3 is 16.4 Å². The summed E-state index contributed by atoms with van der Waals surface area (Å²) in [5.74, 6) is -1.97. The quantitative estimate of drug-likeness (QED) is 0.521. The van der Waals surface area contributed by atoms with Gasteiger partial charge in [-0.3, -0.25) is 14.6 Å². The summed E-state index contributed by atoms with van der Waals surface area (Å²) in [6, 6.07) is 11.5. The molecule has 9 heteroatoms. The van der Waals surface area contributed by atoms with E-state index in [-0.39, 0.29) is 37.5 Å². The van der Waals surface area contributed by atoms with Gasteiger partial charge in [0.2, 0.25) is 11.8 Å². The van der Waals surface area contributed by atoms with E-state index in [1.165, 1.54) is 6.20 Å². The molecule has 172 valence electrons. The number of hydrogen-bond acceptors (Lipinski definition) is 4. The average Bonchev–Trinajstić information content (AvgIpc) is 3.58. The first-order chi connectivity index (χ1) is 15.2. The molecule has 0 radical (unpaired) electrons. The monoisotopic (exact) mass is 448 g/mol. The number of nitrogens with zero attached hydrogens (tertiary/aromatic N) is 1. The lowest BCUT2D eigenvalue weighted by molar-refractivity contribution is -0.195. The number of benzene rings is 1. The van der Waals surface area contributed by atoms with Crippen LogP contribution in [0.1, 0.15) is 46.8 Å². The molecule has 1 saturated carbocycles. The number of amides is 2. The number of alkyl halides is 3. The topological polar surface area (TPSA) is 97.1 Å². The van der Waals surface area contributed by atoms with E-state index in [4.69, 9.17) is 5.73 Å². The summed E-state index contributed by atoms with van der Waals surface area (Å²) in [7, 11) is 1.74. The maximum atomic E-state index is 13.8. The fraction of sp³-hybridized carbons (Fsp3) is 0.435. The predicted octanol–water partition coefficient (Wildman–Crippen LogP) is 2.94. The lowest BCUT2D eigenvalue weighted by atomic mass is 9.82. The van der Waals surface area contributed by atoms with Crippen LogP contribution in [0.5, 0.6) is 0 Å². The van der Waals surface area contributed by atoms with Crippen molar-refractivity contribution in [2.45, 2.75) is 43.8 Å². The highest BCUT2D eigenvalue weighted by Crippen LogP contribution is 2.65. The van der Waals surface area contributed by atoms with Crippen LogP contribution in [-0.2, 0) is 11.2 Å². The number of nitrogens with two attached hydrogens (primary N) is 1. The molecule has 4 N–H and O–H groups in total. The van der Waals surface area contributed by atoms with Gasteiger partial charge in [-0.15, -0.1) is 0 Å². The molecule has 6 nitrogen and oxygen atoms in total. The Bertz CT molecular complexity index is 929. The predicted molar refractivity (Wildman–Crippen MR) is 114 cm³/mol. The molecular weight excluding hydrogens is 421 g/mol. The highest BCUT2D eigenvalue weighted by Gasteiger charge is 2.67. The average molecular weight is 448 g/mol. The molecule has 32 heavy (non-hydrogen) atoms. The lowest BCUT2D eigenvalue weighted by Crippen LogP contribution is -2.42. The van der Waals surface area contributed by atoms with Crippen molar-refractivity contribution in [2.24, 2.45) is 11.1 Å². The van der Waals surface area contributed by atoms with Gasteiger partial charge in [0.05, 0.1) is 5.41 Å². The van der Waals surface area contributed by atoms with Crippen molar-refractivity contribution in [3.8, 4) is 0 Å². The summed E-state index contributed by atoms with van der Waals surface area (Å²) in [6.45, 7) is 0.251. The van der Waals surface area contributed by atoms with E-state index in [2.05, 4.69) is 15.6 Å². The first-order valence-corrected chi connectivity index (χ1v) is 10.5. The van der Waals surface area contributed by atoms with Gasteiger partial charge in [-0.05, 0) is 56.1 Å². The maximum Gasteiger partial charge on any atom is 0.395 e. The molecule has 0 spiro atoms. The lowest BCUT2D eigenvalue weighted by Gasteiger charge is -2.28. The summed E-state index contributed by atoms with van der Waals surface area (Å²) in [5, 5.41) is 5.86. The van der Waals surface area contributed by atoms with E-state index in [0.717, 1.165) is 5.56 Å². The van der Waals surface area contributed by atoms with E-state index >= 15 is 0 Å². The molecule has 1 aliphatic rings. The second-order valence-electron chi connectivity index (χ2n) is 8.22. The number of rotatable bonds is 10. The van der Waals surface area contributed by atoms with E-state index in [1.54, 1.807) is 49.5 Å². The van der Waals surface area contributed by atoms with Gasteiger partial charge in [-0.25, -0.2) is 0 Å². The van der Waals surface area contributed by atoms with Crippen molar-refractivity contribution in [3.63, 3.8) is 0 Å². The van der Waals surface area contributed by atoms with E-state index < -0.39 is 29.3 Å². The Morgan fingerprint density at radius 1 is 1.16 bits per heavy atom. The molecule has 1 aromatic heterocycles. The van der Waals surface area contributed by atoms with Gasteiger partial charge in [0.1, 0.15) is 0 Å². The number of pyridine rings is 1. The minimum Gasteiger partial charge on any atom is -0.366 e. The second kappa shape index (κ2) is 9.68. The molecule has 2 aromatic rings. The third kappa shape index (κ3) is 5.45.